The minimum absolute atomic E-state index is 0.0151. The molecule has 0 aliphatic heterocycles. The molecule has 1 aromatic carbocycles. The van der Waals surface area contributed by atoms with Gasteiger partial charge in [-0.15, -0.1) is 0 Å². The Labute approximate surface area is 122 Å². The van der Waals surface area contributed by atoms with Gasteiger partial charge in [-0.25, -0.2) is 9.37 Å². The van der Waals surface area contributed by atoms with Crippen molar-refractivity contribution in [1.29, 1.82) is 0 Å². The topological polar surface area (TPSA) is 22.1 Å². The number of hydrogen-bond donors (Lipinski definition) is 0. The van der Waals surface area contributed by atoms with Crippen molar-refractivity contribution < 1.29 is 13.5 Å². The third kappa shape index (κ3) is 3.79. The molecule has 2 nitrogen and oxygen atoms in total. The molecule has 1 aromatic heterocycles. The van der Waals surface area contributed by atoms with Crippen molar-refractivity contribution in [3.8, 4) is 17.6 Å². The fourth-order valence-corrected chi connectivity index (χ4v) is 1.62. The van der Waals surface area contributed by atoms with E-state index in [4.69, 9.17) is 4.74 Å². The molecule has 0 saturated heterocycles. The SMILES string of the molecule is CCCOc1ccc(C#Cc2ccc(C)cn2)c(F)c1F. The van der Waals surface area contributed by atoms with Crippen molar-refractivity contribution in [3.05, 3.63) is 58.9 Å². The summed E-state index contributed by atoms with van der Waals surface area (Å²) in [4.78, 5) is 4.09. The normalized spacial score (nSPS) is 9.90. The van der Waals surface area contributed by atoms with Crippen LogP contribution in [0.4, 0.5) is 8.78 Å². The molecule has 0 amide bonds. The molecule has 21 heavy (non-hydrogen) atoms. The lowest BCUT2D eigenvalue weighted by Crippen LogP contribution is -2.00. The molecule has 2 aromatic rings. The standard InChI is InChI=1S/C17H15F2NO/c1-3-10-21-15-9-6-13(16(18)17(15)19)5-8-14-7-4-12(2)11-20-14/h4,6-7,9,11H,3,10H2,1-2H3. The molecule has 2 rings (SSSR count). The van der Waals surface area contributed by atoms with Crippen molar-refractivity contribution in [2.24, 2.45) is 0 Å². The molecule has 1 heterocycles. The van der Waals surface area contributed by atoms with Gasteiger partial charge < -0.3 is 4.74 Å². The van der Waals surface area contributed by atoms with Crippen LogP contribution in [0.5, 0.6) is 5.75 Å². The number of rotatable bonds is 3. The summed E-state index contributed by atoms with van der Waals surface area (Å²) in [5, 5.41) is 0. The zero-order chi connectivity index (χ0) is 15.2. The number of aryl methyl sites for hydroxylation is 1. The molecule has 0 radical (unpaired) electrons. The van der Waals surface area contributed by atoms with E-state index >= 15 is 0 Å². The Kier molecular flexibility index (Phi) is 4.89. The van der Waals surface area contributed by atoms with Gasteiger partial charge in [0.05, 0.1) is 12.2 Å². The molecule has 0 fully saturated rings. The first-order valence-electron chi connectivity index (χ1n) is 6.67. The fourth-order valence-electron chi connectivity index (χ4n) is 1.62. The first kappa shape index (κ1) is 15.0. The maximum atomic E-state index is 13.9. The van der Waals surface area contributed by atoms with Gasteiger partial charge in [-0.3, -0.25) is 0 Å². The van der Waals surface area contributed by atoms with Crippen molar-refractivity contribution in [2.75, 3.05) is 6.61 Å². The zero-order valence-corrected chi connectivity index (χ0v) is 11.9. The fraction of sp³-hybridized carbons (Fsp3) is 0.235. The predicted octanol–water partition coefficient (Wildman–Crippen LogP) is 3.86. The lowest BCUT2D eigenvalue weighted by atomic mass is 10.2. The highest BCUT2D eigenvalue weighted by molar-refractivity contribution is 5.44. The quantitative estimate of drug-likeness (QED) is 0.800. The minimum atomic E-state index is -1.01. The summed E-state index contributed by atoms with van der Waals surface area (Å²) in [6, 6.07) is 6.39. The van der Waals surface area contributed by atoms with E-state index in [9.17, 15) is 8.78 Å². The summed E-state index contributed by atoms with van der Waals surface area (Å²) in [5.74, 6) is 3.21. The van der Waals surface area contributed by atoms with E-state index in [1.807, 2.05) is 19.9 Å². The first-order chi connectivity index (χ1) is 10.1. The second kappa shape index (κ2) is 6.85. The summed E-state index contributed by atoms with van der Waals surface area (Å²) in [6.45, 7) is 4.14. The summed E-state index contributed by atoms with van der Waals surface area (Å²) >= 11 is 0. The van der Waals surface area contributed by atoms with Crippen LogP contribution in [0, 0.1) is 30.4 Å². The predicted molar refractivity (Wildman–Crippen MR) is 77.1 cm³/mol. The average Bonchev–Trinajstić information content (AvgIpc) is 2.49. The van der Waals surface area contributed by atoms with Gasteiger partial charge in [-0.05, 0) is 43.0 Å². The Balaban J connectivity index is 2.25. The van der Waals surface area contributed by atoms with E-state index in [1.165, 1.54) is 12.1 Å². The van der Waals surface area contributed by atoms with Gasteiger partial charge in [-0.2, -0.15) is 4.39 Å². The van der Waals surface area contributed by atoms with E-state index in [0.29, 0.717) is 12.3 Å². The van der Waals surface area contributed by atoms with Gasteiger partial charge >= 0.3 is 0 Å². The van der Waals surface area contributed by atoms with Crippen LogP contribution in [-0.2, 0) is 0 Å². The van der Waals surface area contributed by atoms with Crippen LogP contribution in [0.3, 0.4) is 0 Å². The molecule has 0 saturated carbocycles. The van der Waals surface area contributed by atoms with E-state index in [2.05, 4.69) is 16.8 Å². The Bertz CT molecular complexity index is 684. The Morgan fingerprint density at radius 1 is 1.10 bits per heavy atom. The highest BCUT2D eigenvalue weighted by Gasteiger charge is 2.13. The molecule has 0 unspecified atom stereocenters. The van der Waals surface area contributed by atoms with Crippen LogP contribution in [0.2, 0.25) is 0 Å². The largest absolute Gasteiger partial charge is 0.490 e. The van der Waals surface area contributed by atoms with Crippen LogP contribution in [-0.4, -0.2) is 11.6 Å². The minimum Gasteiger partial charge on any atom is -0.490 e. The third-order valence-electron chi connectivity index (χ3n) is 2.75. The van der Waals surface area contributed by atoms with Crippen LogP contribution in [0.25, 0.3) is 0 Å². The Morgan fingerprint density at radius 3 is 2.57 bits per heavy atom. The molecule has 0 atom stereocenters. The van der Waals surface area contributed by atoms with E-state index in [1.54, 1.807) is 12.3 Å². The second-order valence-corrected chi connectivity index (χ2v) is 4.56. The number of pyridine rings is 1. The highest BCUT2D eigenvalue weighted by atomic mass is 19.2. The van der Waals surface area contributed by atoms with E-state index < -0.39 is 11.6 Å². The maximum Gasteiger partial charge on any atom is 0.201 e. The van der Waals surface area contributed by atoms with Crippen LogP contribution in [0.15, 0.2) is 30.5 Å². The molecular formula is C17H15F2NO. The van der Waals surface area contributed by atoms with Crippen LogP contribution < -0.4 is 4.74 Å². The molecule has 0 N–H and O–H groups in total. The monoisotopic (exact) mass is 287 g/mol. The number of ether oxygens (including phenoxy) is 1. The first-order valence-corrected chi connectivity index (χ1v) is 6.67. The number of aromatic nitrogens is 1. The number of halogens is 2. The lowest BCUT2D eigenvalue weighted by molar-refractivity contribution is 0.295. The average molecular weight is 287 g/mol. The highest BCUT2D eigenvalue weighted by Crippen LogP contribution is 2.22. The summed E-state index contributed by atoms with van der Waals surface area (Å²) in [6.07, 6.45) is 2.39. The van der Waals surface area contributed by atoms with Gasteiger partial charge in [0.2, 0.25) is 5.82 Å². The van der Waals surface area contributed by atoms with Gasteiger partial charge in [0.1, 0.15) is 5.69 Å². The lowest BCUT2D eigenvalue weighted by Gasteiger charge is -2.06. The van der Waals surface area contributed by atoms with Crippen LogP contribution in [0.1, 0.15) is 30.2 Å². The molecular weight excluding hydrogens is 272 g/mol. The van der Waals surface area contributed by atoms with Crippen molar-refractivity contribution >= 4 is 0 Å². The summed E-state index contributed by atoms with van der Waals surface area (Å²) in [7, 11) is 0. The summed E-state index contributed by atoms with van der Waals surface area (Å²) < 4.78 is 32.8. The second-order valence-electron chi connectivity index (χ2n) is 4.56. The molecule has 0 aliphatic carbocycles. The molecule has 0 bridgehead atoms. The van der Waals surface area contributed by atoms with Gasteiger partial charge in [0.15, 0.2) is 11.6 Å². The molecule has 4 heteroatoms. The Hall–Kier alpha value is -2.41. The van der Waals surface area contributed by atoms with Crippen molar-refractivity contribution in [3.63, 3.8) is 0 Å². The van der Waals surface area contributed by atoms with Crippen molar-refractivity contribution in [1.82, 2.24) is 4.98 Å². The third-order valence-corrected chi connectivity index (χ3v) is 2.75. The number of nitrogens with zero attached hydrogens (tertiary/aromatic N) is 1. The van der Waals surface area contributed by atoms with Gasteiger partial charge in [-0.1, -0.05) is 18.9 Å². The smallest absolute Gasteiger partial charge is 0.201 e. The van der Waals surface area contributed by atoms with Gasteiger partial charge in [0, 0.05) is 6.20 Å². The number of hydrogen-bond acceptors (Lipinski definition) is 2. The molecule has 0 aliphatic rings. The van der Waals surface area contributed by atoms with Gasteiger partial charge in [0.25, 0.3) is 0 Å². The van der Waals surface area contributed by atoms with Crippen molar-refractivity contribution in [2.45, 2.75) is 20.3 Å². The zero-order valence-electron chi connectivity index (χ0n) is 11.9. The van der Waals surface area contributed by atoms with Crippen LogP contribution >= 0.6 is 0 Å². The Morgan fingerprint density at radius 2 is 1.90 bits per heavy atom. The maximum absolute atomic E-state index is 13.9. The number of benzene rings is 1. The summed E-state index contributed by atoms with van der Waals surface area (Å²) in [5.41, 5.74) is 1.50. The molecule has 108 valence electrons. The van der Waals surface area contributed by atoms with E-state index in [0.717, 1.165) is 12.0 Å². The molecule has 0 spiro atoms. The van der Waals surface area contributed by atoms with E-state index in [-0.39, 0.29) is 11.3 Å².